The van der Waals surface area contributed by atoms with E-state index in [0.29, 0.717) is 33.4 Å². The van der Waals surface area contributed by atoms with Gasteiger partial charge < -0.3 is 15.1 Å². The predicted octanol–water partition coefficient (Wildman–Crippen LogP) is 5.68. The van der Waals surface area contributed by atoms with E-state index in [1.807, 2.05) is 31.2 Å². The van der Waals surface area contributed by atoms with Crippen LogP contribution < -0.4 is 10.6 Å². The van der Waals surface area contributed by atoms with Gasteiger partial charge in [-0.05, 0) is 55.0 Å². The van der Waals surface area contributed by atoms with Gasteiger partial charge in [-0.2, -0.15) is 0 Å². The van der Waals surface area contributed by atoms with Gasteiger partial charge in [-0.25, -0.2) is 0 Å². The number of hydrogen-bond donors (Lipinski definition) is 2. The van der Waals surface area contributed by atoms with Crippen molar-refractivity contribution in [2.45, 2.75) is 12.1 Å². The Kier molecular flexibility index (Phi) is 7.07. The number of rotatable bonds is 7. The molecule has 0 fully saturated rings. The number of halogens is 1. The Hall–Kier alpha value is -3.62. The quantitative estimate of drug-likeness (QED) is 0.331. The van der Waals surface area contributed by atoms with Crippen molar-refractivity contribution in [3.8, 4) is 11.5 Å². The van der Waals surface area contributed by atoms with Crippen LogP contribution in [-0.2, 0) is 4.79 Å². The standard InChI is InChI=1S/C24H19ClN4O3S/c1-15-6-4-9-18(12-15)26-22(31)19-10-2-3-11-20(19)27-21(30)14-33-24-29-28-23(32-24)16-7-5-8-17(25)13-16/h2-13H,14H2,1H3,(H,26,31)(H,27,30). The Morgan fingerprint density at radius 1 is 0.970 bits per heavy atom. The Bertz CT molecular complexity index is 1310. The van der Waals surface area contributed by atoms with Crippen LogP contribution in [-0.4, -0.2) is 27.8 Å². The van der Waals surface area contributed by atoms with E-state index in [2.05, 4.69) is 20.8 Å². The fourth-order valence-electron chi connectivity index (χ4n) is 3.03. The zero-order chi connectivity index (χ0) is 23.2. The maximum Gasteiger partial charge on any atom is 0.277 e. The molecule has 0 aliphatic heterocycles. The minimum Gasteiger partial charge on any atom is -0.411 e. The number of anilines is 2. The summed E-state index contributed by atoms with van der Waals surface area (Å²) in [5.41, 5.74) is 3.19. The molecule has 1 heterocycles. The molecule has 7 nitrogen and oxygen atoms in total. The van der Waals surface area contributed by atoms with Gasteiger partial charge in [-0.3, -0.25) is 9.59 Å². The summed E-state index contributed by atoms with van der Waals surface area (Å²) in [6, 6.07) is 21.4. The molecule has 0 bridgehead atoms. The molecule has 33 heavy (non-hydrogen) atoms. The normalized spacial score (nSPS) is 10.6. The molecule has 4 rings (SSSR count). The summed E-state index contributed by atoms with van der Waals surface area (Å²) in [6.45, 7) is 1.95. The Morgan fingerprint density at radius 3 is 2.61 bits per heavy atom. The maximum absolute atomic E-state index is 12.8. The highest BCUT2D eigenvalue weighted by atomic mass is 35.5. The number of thioether (sulfide) groups is 1. The zero-order valence-corrected chi connectivity index (χ0v) is 19.1. The fraction of sp³-hybridized carbons (Fsp3) is 0.0833. The van der Waals surface area contributed by atoms with Gasteiger partial charge in [0.05, 0.1) is 17.0 Å². The number of carbonyl (C=O) groups excluding carboxylic acids is 2. The largest absolute Gasteiger partial charge is 0.411 e. The summed E-state index contributed by atoms with van der Waals surface area (Å²) in [6.07, 6.45) is 0. The average molecular weight is 479 g/mol. The molecular weight excluding hydrogens is 460 g/mol. The summed E-state index contributed by atoms with van der Waals surface area (Å²) in [4.78, 5) is 25.3. The molecule has 2 amide bonds. The number of nitrogens with zero attached hydrogens (tertiary/aromatic N) is 2. The predicted molar refractivity (Wildman–Crippen MR) is 130 cm³/mol. The Balaban J connectivity index is 1.38. The molecule has 0 atom stereocenters. The minimum atomic E-state index is -0.313. The van der Waals surface area contributed by atoms with E-state index in [9.17, 15) is 9.59 Å². The molecule has 166 valence electrons. The van der Waals surface area contributed by atoms with Crippen molar-refractivity contribution in [2.75, 3.05) is 16.4 Å². The van der Waals surface area contributed by atoms with Gasteiger partial charge in [0, 0.05) is 16.3 Å². The van der Waals surface area contributed by atoms with Crippen molar-refractivity contribution in [3.63, 3.8) is 0 Å². The molecule has 0 unspecified atom stereocenters. The first kappa shape index (κ1) is 22.6. The van der Waals surface area contributed by atoms with Gasteiger partial charge in [0.15, 0.2) is 0 Å². The molecule has 0 aliphatic carbocycles. The van der Waals surface area contributed by atoms with E-state index in [-0.39, 0.29) is 22.8 Å². The third-order valence-electron chi connectivity index (χ3n) is 4.53. The monoisotopic (exact) mass is 478 g/mol. The summed E-state index contributed by atoms with van der Waals surface area (Å²) >= 11 is 7.09. The first-order valence-electron chi connectivity index (χ1n) is 9.97. The van der Waals surface area contributed by atoms with Crippen molar-refractivity contribution in [1.29, 1.82) is 0 Å². The van der Waals surface area contributed by atoms with Crippen LogP contribution in [0.3, 0.4) is 0 Å². The molecule has 9 heteroatoms. The van der Waals surface area contributed by atoms with Gasteiger partial charge >= 0.3 is 0 Å². The maximum atomic E-state index is 12.8. The third kappa shape index (κ3) is 6.00. The summed E-state index contributed by atoms with van der Waals surface area (Å²) in [5.74, 6) is -0.269. The molecule has 4 aromatic rings. The Labute approximate surface area is 199 Å². The van der Waals surface area contributed by atoms with E-state index in [0.717, 1.165) is 17.3 Å². The number of para-hydroxylation sites is 1. The molecule has 0 saturated heterocycles. The van der Waals surface area contributed by atoms with Crippen LogP contribution in [0.2, 0.25) is 5.02 Å². The topological polar surface area (TPSA) is 97.1 Å². The molecule has 0 radical (unpaired) electrons. The molecule has 1 aromatic heterocycles. The van der Waals surface area contributed by atoms with Crippen molar-refractivity contribution in [3.05, 3.63) is 88.9 Å². The second kappa shape index (κ2) is 10.3. The van der Waals surface area contributed by atoms with Crippen LogP contribution in [0.5, 0.6) is 0 Å². The van der Waals surface area contributed by atoms with Crippen LogP contribution in [0.25, 0.3) is 11.5 Å². The fourth-order valence-corrected chi connectivity index (χ4v) is 3.78. The van der Waals surface area contributed by atoms with Gasteiger partial charge in [0.2, 0.25) is 11.8 Å². The van der Waals surface area contributed by atoms with Crippen LogP contribution in [0, 0.1) is 6.92 Å². The highest BCUT2D eigenvalue weighted by molar-refractivity contribution is 7.99. The zero-order valence-electron chi connectivity index (χ0n) is 17.5. The lowest BCUT2D eigenvalue weighted by molar-refractivity contribution is -0.113. The smallest absolute Gasteiger partial charge is 0.277 e. The van der Waals surface area contributed by atoms with Gasteiger partial charge in [-0.1, -0.05) is 53.7 Å². The number of aryl methyl sites for hydroxylation is 1. The molecule has 0 spiro atoms. The third-order valence-corrected chi connectivity index (χ3v) is 5.58. The number of hydrogen-bond acceptors (Lipinski definition) is 6. The van der Waals surface area contributed by atoms with E-state index >= 15 is 0 Å². The number of nitrogens with one attached hydrogen (secondary N) is 2. The molecule has 0 aliphatic rings. The van der Waals surface area contributed by atoms with Crippen LogP contribution >= 0.6 is 23.4 Å². The van der Waals surface area contributed by atoms with Gasteiger partial charge in [0.25, 0.3) is 11.1 Å². The number of aromatic nitrogens is 2. The number of carbonyl (C=O) groups is 2. The van der Waals surface area contributed by atoms with E-state index in [1.165, 1.54) is 0 Å². The van der Waals surface area contributed by atoms with Crippen LogP contribution in [0.15, 0.2) is 82.4 Å². The molecule has 0 saturated carbocycles. The van der Waals surface area contributed by atoms with Crippen molar-refractivity contribution < 1.29 is 14.0 Å². The number of amides is 2. The minimum absolute atomic E-state index is 0.0328. The lowest BCUT2D eigenvalue weighted by Gasteiger charge is -2.11. The van der Waals surface area contributed by atoms with Gasteiger partial charge in [0.1, 0.15) is 0 Å². The van der Waals surface area contributed by atoms with Crippen molar-refractivity contribution in [2.24, 2.45) is 0 Å². The van der Waals surface area contributed by atoms with Gasteiger partial charge in [-0.15, -0.1) is 10.2 Å². The first-order chi connectivity index (χ1) is 16.0. The molecule has 3 aromatic carbocycles. The highest BCUT2D eigenvalue weighted by Gasteiger charge is 2.15. The second-order valence-electron chi connectivity index (χ2n) is 7.09. The van der Waals surface area contributed by atoms with E-state index in [1.54, 1.807) is 48.5 Å². The lowest BCUT2D eigenvalue weighted by atomic mass is 10.1. The van der Waals surface area contributed by atoms with Crippen molar-refractivity contribution >= 4 is 46.6 Å². The van der Waals surface area contributed by atoms with E-state index < -0.39 is 0 Å². The SMILES string of the molecule is Cc1cccc(NC(=O)c2ccccc2NC(=O)CSc2nnc(-c3cccc(Cl)c3)o2)c1. The van der Waals surface area contributed by atoms with Crippen LogP contribution in [0.4, 0.5) is 11.4 Å². The summed E-state index contributed by atoms with van der Waals surface area (Å²) in [5, 5.41) is 14.4. The van der Waals surface area contributed by atoms with E-state index in [4.69, 9.17) is 16.0 Å². The van der Waals surface area contributed by atoms with Crippen LogP contribution in [0.1, 0.15) is 15.9 Å². The average Bonchev–Trinajstić information content (AvgIpc) is 3.27. The van der Waals surface area contributed by atoms with Crippen molar-refractivity contribution in [1.82, 2.24) is 10.2 Å². The summed E-state index contributed by atoms with van der Waals surface area (Å²) in [7, 11) is 0. The summed E-state index contributed by atoms with van der Waals surface area (Å²) < 4.78 is 5.60. The highest BCUT2D eigenvalue weighted by Crippen LogP contribution is 2.25. The molecule has 2 N–H and O–H groups in total. The molecular formula is C24H19ClN4O3S. The lowest BCUT2D eigenvalue weighted by Crippen LogP contribution is -2.19. The second-order valence-corrected chi connectivity index (χ2v) is 8.45. The Morgan fingerprint density at radius 2 is 1.79 bits per heavy atom. The number of benzene rings is 3. The first-order valence-corrected chi connectivity index (χ1v) is 11.3.